The van der Waals surface area contributed by atoms with Crippen molar-refractivity contribution in [1.29, 1.82) is 0 Å². The van der Waals surface area contributed by atoms with Crippen LogP contribution < -0.4 is 15.0 Å². The summed E-state index contributed by atoms with van der Waals surface area (Å²) in [6.45, 7) is 4.28. The van der Waals surface area contributed by atoms with Crippen molar-refractivity contribution in [2.24, 2.45) is 0 Å². The average Bonchev–Trinajstić information content (AvgIpc) is 2.47. The average molecular weight is 312 g/mol. The van der Waals surface area contributed by atoms with Gasteiger partial charge in [0.1, 0.15) is 5.75 Å². The molecule has 0 aliphatic carbocycles. The maximum atomic E-state index is 11.8. The molecule has 1 aromatic heterocycles. The van der Waals surface area contributed by atoms with Gasteiger partial charge in [0.25, 0.3) is 0 Å². The molecule has 1 N–H and O–H groups in total. The molecule has 0 spiro atoms. The van der Waals surface area contributed by atoms with Crippen LogP contribution in [0.25, 0.3) is 0 Å². The number of benzene rings is 1. The van der Waals surface area contributed by atoms with Gasteiger partial charge in [-0.25, -0.2) is 14.8 Å². The van der Waals surface area contributed by atoms with Crippen LogP contribution in [-0.2, 0) is 4.79 Å². The van der Waals surface area contributed by atoms with Gasteiger partial charge < -0.3 is 4.74 Å². The number of aryl methyl sites for hydroxylation is 2. The first kappa shape index (κ1) is 15.0. The lowest BCUT2D eigenvalue weighted by atomic mass is 10.1. The molecule has 7 nitrogen and oxygen atoms in total. The summed E-state index contributed by atoms with van der Waals surface area (Å²) in [5.41, 5.74) is 2.69. The number of anilines is 1. The molecule has 23 heavy (non-hydrogen) atoms. The highest BCUT2D eigenvalue weighted by Crippen LogP contribution is 2.22. The topological polar surface area (TPSA) is 84.4 Å². The first-order chi connectivity index (χ1) is 11.0. The van der Waals surface area contributed by atoms with Crippen LogP contribution in [0.2, 0.25) is 0 Å². The van der Waals surface area contributed by atoms with E-state index in [-0.39, 0.29) is 18.3 Å². The smallest absolute Gasteiger partial charge is 0.328 e. The summed E-state index contributed by atoms with van der Waals surface area (Å²) in [6.07, 6.45) is 3.26. The largest absolute Gasteiger partial charge is 0.424 e. The highest BCUT2D eigenvalue weighted by Gasteiger charge is 2.24. The van der Waals surface area contributed by atoms with Gasteiger partial charge in [-0.2, -0.15) is 0 Å². The molecule has 0 saturated carbocycles. The van der Waals surface area contributed by atoms with Crippen LogP contribution in [-0.4, -0.2) is 28.5 Å². The minimum Gasteiger partial charge on any atom is -0.424 e. The number of carbonyl (C=O) groups excluding carboxylic acids is 2. The predicted octanol–water partition coefficient (Wildman–Crippen LogP) is 2.33. The number of hydrogen-bond donors (Lipinski definition) is 1. The quantitative estimate of drug-likeness (QED) is 0.940. The van der Waals surface area contributed by atoms with E-state index < -0.39 is 6.03 Å². The Balaban J connectivity index is 1.74. The molecule has 1 aromatic carbocycles. The lowest BCUT2D eigenvalue weighted by Crippen LogP contribution is -2.49. The zero-order valence-electron chi connectivity index (χ0n) is 12.9. The van der Waals surface area contributed by atoms with E-state index >= 15 is 0 Å². The number of carbonyl (C=O) groups is 2. The molecule has 0 radical (unpaired) electrons. The summed E-state index contributed by atoms with van der Waals surface area (Å²) < 4.78 is 5.63. The van der Waals surface area contributed by atoms with Crippen molar-refractivity contribution in [3.8, 4) is 11.8 Å². The van der Waals surface area contributed by atoms with Crippen LogP contribution in [0.15, 0.2) is 30.6 Å². The molecule has 1 aliphatic rings. The fourth-order valence-corrected chi connectivity index (χ4v) is 2.41. The number of rotatable bonds is 3. The van der Waals surface area contributed by atoms with Gasteiger partial charge in [-0.1, -0.05) is 6.07 Å². The molecule has 1 fully saturated rings. The molecule has 1 aliphatic heterocycles. The monoisotopic (exact) mass is 312 g/mol. The van der Waals surface area contributed by atoms with Gasteiger partial charge in [0.05, 0.1) is 18.1 Å². The number of imide groups is 1. The number of amides is 3. The molecule has 2 heterocycles. The number of ether oxygens (including phenoxy) is 1. The maximum Gasteiger partial charge on any atom is 0.328 e. The Morgan fingerprint density at radius 2 is 1.74 bits per heavy atom. The summed E-state index contributed by atoms with van der Waals surface area (Å²) in [7, 11) is 0. The van der Waals surface area contributed by atoms with Crippen molar-refractivity contribution in [2.75, 3.05) is 11.4 Å². The van der Waals surface area contributed by atoms with Crippen molar-refractivity contribution < 1.29 is 14.3 Å². The Hall–Kier alpha value is -2.96. The van der Waals surface area contributed by atoms with E-state index in [1.165, 1.54) is 17.3 Å². The van der Waals surface area contributed by atoms with E-state index in [0.717, 1.165) is 11.1 Å². The first-order valence-corrected chi connectivity index (χ1v) is 7.21. The van der Waals surface area contributed by atoms with Crippen molar-refractivity contribution in [3.05, 3.63) is 41.7 Å². The molecule has 0 bridgehead atoms. The van der Waals surface area contributed by atoms with Gasteiger partial charge in [-0.05, 0) is 37.1 Å². The van der Waals surface area contributed by atoms with E-state index in [2.05, 4.69) is 15.3 Å². The number of nitrogens with one attached hydrogen (secondary N) is 1. The second kappa shape index (κ2) is 6.04. The van der Waals surface area contributed by atoms with Crippen molar-refractivity contribution >= 4 is 17.6 Å². The van der Waals surface area contributed by atoms with Crippen LogP contribution in [0.3, 0.4) is 0 Å². The standard InChI is InChI=1S/C16H16N4O3/c1-10-5-11(2)7-13(6-10)23-15-17-8-12(9-18-15)20-4-3-14(21)19-16(20)22/h5-9H,3-4H2,1-2H3,(H,19,21,22). The molecular weight excluding hydrogens is 296 g/mol. The summed E-state index contributed by atoms with van der Waals surface area (Å²) in [5.74, 6) is 0.388. The van der Waals surface area contributed by atoms with E-state index in [0.29, 0.717) is 18.0 Å². The Bertz CT molecular complexity index is 738. The number of nitrogens with zero attached hydrogens (tertiary/aromatic N) is 3. The van der Waals surface area contributed by atoms with Crippen LogP contribution in [0.5, 0.6) is 11.8 Å². The minimum atomic E-state index is -0.465. The SMILES string of the molecule is Cc1cc(C)cc(Oc2ncc(N3CCC(=O)NC3=O)cn2)c1. The third kappa shape index (κ3) is 3.45. The van der Waals surface area contributed by atoms with Gasteiger partial charge in [0.15, 0.2) is 0 Å². The second-order valence-corrected chi connectivity index (χ2v) is 5.40. The maximum absolute atomic E-state index is 11.8. The Labute approximate surface area is 133 Å². The third-order valence-corrected chi connectivity index (χ3v) is 3.38. The Morgan fingerprint density at radius 1 is 1.09 bits per heavy atom. The summed E-state index contributed by atoms with van der Waals surface area (Å²) in [6, 6.07) is 5.58. The van der Waals surface area contributed by atoms with E-state index in [4.69, 9.17) is 4.74 Å². The highest BCUT2D eigenvalue weighted by molar-refractivity contribution is 6.05. The molecule has 0 unspecified atom stereocenters. The zero-order valence-corrected chi connectivity index (χ0v) is 12.9. The molecule has 118 valence electrons. The van der Waals surface area contributed by atoms with Gasteiger partial charge in [-0.15, -0.1) is 0 Å². The van der Waals surface area contributed by atoms with E-state index in [1.807, 2.05) is 32.0 Å². The molecule has 3 rings (SSSR count). The first-order valence-electron chi connectivity index (χ1n) is 7.21. The molecule has 2 aromatic rings. The Kier molecular flexibility index (Phi) is 3.92. The molecular formula is C16H16N4O3. The predicted molar refractivity (Wildman–Crippen MR) is 83.5 cm³/mol. The minimum absolute atomic E-state index is 0.201. The second-order valence-electron chi connectivity index (χ2n) is 5.40. The van der Waals surface area contributed by atoms with Crippen molar-refractivity contribution in [3.63, 3.8) is 0 Å². The van der Waals surface area contributed by atoms with Crippen LogP contribution in [0, 0.1) is 13.8 Å². The van der Waals surface area contributed by atoms with Gasteiger partial charge in [-0.3, -0.25) is 15.0 Å². The van der Waals surface area contributed by atoms with Crippen molar-refractivity contribution in [2.45, 2.75) is 20.3 Å². The number of urea groups is 1. The van der Waals surface area contributed by atoms with E-state index in [1.54, 1.807) is 0 Å². The van der Waals surface area contributed by atoms with Crippen LogP contribution in [0.4, 0.5) is 10.5 Å². The van der Waals surface area contributed by atoms with E-state index in [9.17, 15) is 9.59 Å². The Morgan fingerprint density at radius 3 is 2.35 bits per heavy atom. The fraction of sp³-hybridized carbons (Fsp3) is 0.250. The summed E-state index contributed by atoms with van der Waals surface area (Å²) in [4.78, 5) is 32.6. The highest BCUT2D eigenvalue weighted by atomic mass is 16.5. The van der Waals surface area contributed by atoms with Crippen LogP contribution in [0.1, 0.15) is 17.5 Å². The lowest BCUT2D eigenvalue weighted by molar-refractivity contribution is -0.120. The normalized spacial score (nSPS) is 14.6. The number of aromatic nitrogens is 2. The molecule has 7 heteroatoms. The lowest BCUT2D eigenvalue weighted by Gasteiger charge is -2.25. The van der Waals surface area contributed by atoms with Crippen molar-refractivity contribution in [1.82, 2.24) is 15.3 Å². The number of hydrogen-bond acceptors (Lipinski definition) is 5. The summed E-state index contributed by atoms with van der Waals surface area (Å²) in [5, 5.41) is 2.26. The van der Waals surface area contributed by atoms with Gasteiger partial charge >= 0.3 is 12.0 Å². The van der Waals surface area contributed by atoms with Gasteiger partial charge in [0, 0.05) is 13.0 Å². The third-order valence-electron chi connectivity index (χ3n) is 3.38. The molecule has 3 amide bonds. The van der Waals surface area contributed by atoms with Gasteiger partial charge in [0.2, 0.25) is 5.91 Å². The molecule has 1 saturated heterocycles. The molecule has 0 atom stereocenters. The fourth-order valence-electron chi connectivity index (χ4n) is 2.41. The van der Waals surface area contributed by atoms with Crippen LogP contribution >= 0.6 is 0 Å². The zero-order chi connectivity index (χ0) is 16.4. The summed E-state index contributed by atoms with van der Waals surface area (Å²) >= 11 is 0.